The molecule has 0 radical (unpaired) electrons. The largest absolute Gasteiger partial charge is 0.490 e. The Hall–Kier alpha value is -2.73. The number of fused-ring (bicyclic) bond motifs is 2. The summed E-state index contributed by atoms with van der Waals surface area (Å²) >= 11 is 6.30. The van der Waals surface area contributed by atoms with E-state index in [-0.39, 0.29) is 18.2 Å². The fraction of sp³-hybridized carbons (Fsp3) is 0.263. The van der Waals surface area contributed by atoms with E-state index in [1.807, 2.05) is 18.2 Å². The molecule has 0 aromatic heterocycles. The van der Waals surface area contributed by atoms with Gasteiger partial charge in [0.2, 0.25) is 11.8 Å². The summed E-state index contributed by atoms with van der Waals surface area (Å²) in [5.74, 6) is 0.0566. The molecule has 2 aliphatic heterocycles. The van der Waals surface area contributed by atoms with Crippen molar-refractivity contribution in [2.24, 2.45) is 0 Å². The molecular formula is C19H17ClN2O4. The molecule has 2 heterocycles. The molecule has 2 aromatic rings. The number of halogens is 1. The smallest absolute Gasteiger partial charge is 0.232 e. The zero-order valence-corrected chi connectivity index (χ0v) is 14.6. The predicted octanol–water partition coefficient (Wildman–Crippen LogP) is 3.57. The topological polar surface area (TPSA) is 76.7 Å². The first kappa shape index (κ1) is 16.7. The zero-order chi connectivity index (χ0) is 18.1. The number of benzene rings is 2. The molecule has 0 fully saturated rings. The quantitative estimate of drug-likeness (QED) is 0.845. The summed E-state index contributed by atoms with van der Waals surface area (Å²) in [4.78, 5) is 24.8. The van der Waals surface area contributed by atoms with Gasteiger partial charge in [0.1, 0.15) is 0 Å². The van der Waals surface area contributed by atoms with E-state index in [9.17, 15) is 9.59 Å². The highest BCUT2D eigenvalue weighted by atomic mass is 35.5. The SMILES string of the molecule is O=C1CC(C(=O)Nc2cc3c(cc2Cl)OCCCO3)c2ccccc2N1. The lowest BCUT2D eigenvalue weighted by molar-refractivity contribution is -0.123. The number of ether oxygens (including phenoxy) is 2. The fourth-order valence-electron chi connectivity index (χ4n) is 3.14. The zero-order valence-electron chi connectivity index (χ0n) is 13.9. The van der Waals surface area contributed by atoms with Crippen LogP contribution in [0.25, 0.3) is 0 Å². The highest BCUT2D eigenvalue weighted by Gasteiger charge is 2.31. The van der Waals surface area contributed by atoms with Crippen LogP contribution in [0.15, 0.2) is 36.4 Å². The van der Waals surface area contributed by atoms with Crippen molar-refractivity contribution in [1.29, 1.82) is 0 Å². The van der Waals surface area contributed by atoms with Crippen molar-refractivity contribution >= 4 is 34.8 Å². The summed E-state index contributed by atoms with van der Waals surface area (Å²) in [6.45, 7) is 1.10. The van der Waals surface area contributed by atoms with Crippen molar-refractivity contribution < 1.29 is 19.1 Å². The van der Waals surface area contributed by atoms with Gasteiger partial charge < -0.3 is 20.1 Å². The maximum absolute atomic E-state index is 12.8. The number of hydrogen-bond acceptors (Lipinski definition) is 4. The fourth-order valence-corrected chi connectivity index (χ4v) is 3.35. The maximum atomic E-state index is 12.8. The van der Waals surface area contributed by atoms with Crippen LogP contribution in [0.4, 0.5) is 11.4 Å². The minimum absolute atomic E-state index is 0.0883. The van der Waals surface area contributed by atoms with Crippen LogP contribution in [0.2, 0.25) is 5.02 Å². The third kappa shape index (κ3) is 3.20. The van der Waals surface area contributed by atoms with Gasteiger partial charge in [-0.25, -0.2) is 0 Å². The van der Waals surface area contributed by atoms with Gasteiger partial charge in [0.05, 0.1) is 29.8 Å². The molecule has 26 heavy (non-hydrogen) atoms. The summed E-state index contributed by atoms with van der Waals surface area (Å²) in [7, 11) is 0. The van der Waals surface area contributed by atoms with E-state index in [0.717, 1.165) is 12.0 Å². The molecule has 6 nitrogen and oxygen atoms in total. The Balaban J connectivity index is 1.61. The molecular weight excluding hydrogens is 356 g/mol. The van der Waals surface area contributed by atoms with E-state index in [1.165, 1.54) is 0 Å². The maximum Gasteiger partial charge on any atom is 0.232 e. The third-order valence-electron chi connectivity index (χ3n) is 4.41. The summed E-state index contributed by atoms with van der Waals surface area (Å²) < 4.78 is 11.2. The van der Waals surface area contributed by atoms with Crippen LogP contribution in [-0.4, -0.2) is 25.0 Å². The second-order valence-corrected chi connectivity index (χ2v) is 6.62. The lowest BCUT2D eigenvalue weighted by Gasteiger charge is -2.25. The first-order chi connectivity index (χ1) is 12.6. The minimum Gasteiger partial charge on any atom is -0.490 e. The normalized spacial score (nSPS) is 18.3. The molecule has 1 unspecified atom stereocenters. The van der Waals surface area contributed by atoms with E-state index < -0.39 is 5.92 Å². The molecule has 134 valence electrons. The molecule has 7 heteroatoms. The molecule has 2 amide bonds. The molecule has 0 saturated heterocycles. The van der Waals surface area contributed by atoms with Crippen molar-refractivity contribution in [3.63, 3.8) is 0 Å². The van der Waals surface area contributed by atoms with Crippen molar-refractivity contribution in [1.82, 2.24) is 0 Å². The van der Waals surface area contributed by atoms with Gasteiger partial charge in [0, 0.05) is 30.7 Å². The molecule has 0 aliphatic carbocycles. The highest BCUT2D eigenvalue weighted by Crippen LogP contribution is 2.39. The number of carbonyl (C=O) groups is 2. The molecule has 2 aromatic carbocycles. The lowest BCUT2D eigenvalue weighted by Crippen LogP contribution is -2.30. The number of para-hydroxylation sites is 1. The van der Waals surface area contributed by atoms with Gasteiger partial charge in [-0.1, -0.05) is 29.8 Å². The van der Waals surface area contributed by atoms with Crippen molar-refractivity contribution in [2.45, 2.75) is 18.8 Å². The van der Waals surface area contributed by atoms with Gasteiger partial charge in [-0.05, 0) is 11.6 Å². The summed E-state index contributed by atoms with van der Waals surface area (Å²) in [5.41, 5.74) is 1.88. The van der Waals surface area contributed by atoms with Gasteiger partial charge in [0.15, 0.2) is 11.5 Å². The van der Waals surface area contributed by atoms with Crippen LogP contribution in [-0.2, 0) is 9.59 Å². The van der Waals surface area contributed by atoms with Crippen molar-refractivity contribution in [3.05, 3.63) is 47.0 Å². The van der Waals surface area contributed by atoms with Crippen molar-refractivity contribution in [2.75, 3.05) is 23.8 Å². The molecule has 2 N–H and O–H groups in total. The number of nitrogens with one attached hydrogen (secondary N) is 2. The Bertz CT molecular complexity index is 884. The Morgan fingerprint density at radius 3 is 2.69 bits per heavy atom. The number of hydrogen-bond donors (Lipinski definition) is 2. The molecule has 2 aliphatic rings. The molecule has 0 saturated carbocycles. The molecule has 4 rings (SSSR count). The van der Waals surface area contributed by atoms with Crippen molar-refractivity contribution in [3.8, 4) is 11.5 Å². The first-order valence-corrected chi connectivity index (χ1v) is 8.78. The number of carbonyl (C=O) groups excluding carboxylic acids is 2. The Labute approximate surface area is 155 Å². The van der Waals surface area contributed by atoms with Gasteiger partial charge in [0.25, 0.3) is 0 Å². The van der Waals surface area contributed by atoms with Crippen LogP contribution < -0.4 is 20.1 Å². The van der Waals surface area contributed by atoms with Crippen LogP contribution in [0.5, 0.6) is 11.5 Å². The van der Waals surface area contributed by atoms with Gasteiger partial charge in [-0.15, -0.1) is 0 Å². The van der Waals surface area contributed by atoms with Crippen LogP contribution in [0.3, 0.4) is 0 Å². The van der Waals surface area contributed by atoms with Crippen LogP contribution in [0, 0.1) is 0 Å². The number of anilines is 2. The number of rotatable bonds is 2. The standard InChI is InChI=1S/C19H17ClN2O4/c20-13-9-16-17(26-7-3-6-25-16)10-15(13)22-19(24)12-8-18(23)21-14-5-2-1-4-11(12)14/h1-2,4-5,9-10,12H,3,6-8H2,(H,21,23)(H,22,24). The summed E-state index contributed by atoms with van der Waals surface area (Å²) in [5, 5.41) is 5.97. The van der Waals surface area contributed by atoms with Gasteiger partial charge >= 0.3 is 0 Å². The lowest BCUT2D eigenvalue weighted by atomic mass is 9.90. The predicted molar refractivity (Wildman–Crippen MR) is 98.1 cm³/mol. The van der Waals surface area contributed by atoms with Gasteiger partial charge in [-0.2, -0.15) is 0 Å². The van der Waals surface area contributed by atoms with E-state index in [1.54, 1.807) is 18.2 Å². The second kappa shape index (κ2) is 6.88. The average molecular weight is 373 g/mol. The Kier molecular flexibility index (Phi) is 4.42. The summed E-state index contributed by atoms with van der Waals surface area (Å²) in [6, 6.07) is 10.6. The Morgan fingerprint density at radius 2 is 1.88 bits per heavy atom. The third-order valence-corrected chi connectivity index (χ3v) is 4.72. The average Bonchev–Trinajstić information content (AvgIpc) is 2.86. The summed E-state index contributed by atoms with van der Waals surface area (Å²) in [6.07, 6.45) is 0.868. The molecule has 0 spiro atoms. The monoisotopic (exact) mass is 372 g/mol. The second-order valence-electron chi connectivity index (χ2n) is 6.21. The Morgan fingerprint density at radius 1 is 1.15 bits per heavy atom. The van der Waals surface area contributed by atoms with Gasteiger partial charge in [-0.3, -0.25) is 9.59 Å². The first-order valence-electron chi connectivity index (χ1n) is 8.40. The molecule has 1 atom stereocenters. The van der Waals surface area contributed by atoms with E-state index in [2.05, 4.69) is 10.6 Å². The van der Waals surface area contributed by atoms with E-state index in [0.29, 0.717) is 41.1 Å². The minimum atomic E-state index is -0.577. The number of amides is 2. The van der Waals surface area contributed by atoms with E-state index in [4.69, 9.17) is 21.1 Å². The van der Waals surface area contributed by atoms with E-state index >= 15 is 0 Å². The van der Waals surface area contributed by atoms with Crippen LogP contribution >= 0.6 is 11.6 Å². The molecule has 0 bridgehead atoms. The van der Waals surface area contributed by atoms with Crippen LogP contribution in [0.1, 0.15) is 24.3 Å². The highest BCUT2D eigenvalue weighted by molar-refractivity contribution is 6.34.